The first-order valence-electron chi connectivity index (χ1n) is 7.42. The number of amides is 1. The fourth-order valence-corrected chi connectivity index (χ4v) is 2.97. The van der Waals surface area contributed by atoms with E-state index in [4.69, 9.17) is 0 Å². The predicted molar refractivity (Wildman–Crippen MR) is 97.3 cm³/mol. The van der Waals surface area contributed by atoms with Crippen molar-refractivity contribution in [2.45, 2.75) is 6.54 Å². The molecule has 0 saturated heterocycles. The smallest absolute Gasteiger partial charge is 0.265 e. The molecule has 0 fully saturated rings. The highest BCUT2D eigenvalue weighted by Crippen LogP contribution is 2.20. The quantitative estimate of drug-likeness (QED) is 0.742. The summed E-state index contributed by atoms with van der Waals surface area (Å²) in [5.74, 6) is -0.0645. The van der Waals surface area contributed by atoms with Crippen molar-refractivity contribution in [2.75, 3.05) is 17.3 Å². The highest BCUT2D eigenvalue weighted by Gasteiger charge is 2.07. The minimum atomic E-state index is -0.0645. The Morgan fingerprint density at radius 2 is 1.74 bits per heavy atom. The van der Waals surface area contributed by atoms with Crippen molar-refractivity contribution in [3.05, 3.63) is 82.6 Å². The Labute approximate surface area is 140 Å². The number of anilines is 2. The fourth-order valence-electron chi connectivity index (χ4n) is 2.35. The molecular formula is C19H18N2OS. The lowest BCUT2D eigenvalue weighted by atomic mass is 10.2. The molecule has 0 radical (unpaired) electrons. The van der Waals surface area contributed by atoms with E-state index < -0.39 is 0 Å². The van der Waals surface area contributed by atoms with Gasteiger partial charge in [0.1, 0.15) is 0 Å². The zero-order chi connectivity index (χ0) is 16.1. The number of thiophene rings is 1. The van der Waals surface area contributed by atoms with Crippen LogP contribution in [-0.2, 0) is 6.54 Å². The molecule has 0 saturated carbocycles. The minimum Gasteiger partial charge on any atom is -0.370 e. The molecular weight excluding hydrogens is 304 g/mol. The average molecular weight is 322 g/mol. The Morgan fingerprint density at radius 3 is 2.39 bits per heavy atom. The topological polar surface area (TPSA) is 32.3 Å². The van der Waals surface area contributed by atoms with Crippen LogP contribution < -0.4 is 10.2 Å². The van der Waals surface area contributed by atoms with E-state index in [-0.39, 0.29) is 5.91 Å². The zero-order valence-corrected chi connectivity index (χ0v) is 13.7. The molecule has 4 heteroatoms. The van der Waals surface area contributed by atoms with Gasteiger partial charge in [-0.3, -0.25) is 4.79 Å². The van der Waals surface area contributed by atoms with Gasteiger partial charge in [0.25, 0.3) is 5.91 Å². The van der Waals surface area contributed by atoms with Crippen LogP contribution in [0.2, 0.25) is 0 Å². The first-order chi connectivity index (χ1) is 11.2. The van der Waals surface area contributed by atoms with Gasteiger partial charge in [0.2, 0.25) is 0 Å². The molecule has 3 rings (SSSR count). The first kappa shape index (κ1) is 15.3. The van der Waals surface area contributed by atoms with Crippen LogP contribution in [0.5, 0.6) is 0 Å². The molecule has 23 heavy (non-hydrogen) atoms. The third kappa shape index (κ3) is 3.99. The molecule has 1 amide bonds. The van der Waals surface area contributed by atoms with Gasteiger partial charge in [-0.05, 0) is 41.3 Å². The molecule has 1 aromatic heterocycles. The van der Waals surface area contributed by atoms with Crippen LogP contribution in [0.15, 0.2) is 72.1 Å². The Bertz CT molecular complexity index is 752. The van der Waals surface area contributed by atoms with E-state index in [9.17, 15) is 4.79 Å². The maximum absolute atomic E-state index is 12.0. The van der Waals surface area contributed by atoms with Crippen LogP contribution in [0.4, 0.5) is 11.4 Å². The van der Waals surface area contributed by atoms with Gasteiger partial charge in [-0.15, -0.1) is 11.3 Å². The molecule has 3 aromatic rings. The number of nitrogens with one attached hydrogen (secondary N) is 1. The molecule has 1 heterocycles. The molecule has 3 nitrogen and oxygen atoms in total. The maximum atomic E-state index is 12.0. The standard InChI is InChI=1S/C19H18N2OS/c1-21(14-15-6-3-2-4-7-15)17-11-9-16(10-12-17)20-19(22)18-8-5-13-23-18/h2-13H,14H2,1H3,(H,20,22). The summed E-state index contributed by atoms with van der Waals surface area (Å²) < 4.78 is 0. The number of carbonyl (C=O) groups excluding carboxylic acids is 1. The van der Waals surface area contributed by atoms with Crippen molar-refractivity contribution in [2.24, 2.45) is 0 Å². The van der Waals surface area contributed by atoms with E-state index in [2.05, 4.69) is 29.4 Å². The lowest BCUT2D eigenvalue weighted by Crippen LogP contribution is -2.16. The SMILES string of the molecule is CN(Cc1ccccc1)c1ccc(NC(=O)c2cccs2)cc1. The van der Waals surface area contributed by atoms with Crippen molar-refractivity contribution in [1.82, 2.24) is 0 Å². The number of benzene rings is 2. The van der Waals surface area contributed by atoms with Gasteiger partial charge in [0.05, 0.1) is 4.88 Å². The van der Waals surface area contributed by atoms with E-state index in [1.54, 1.807) is 0 Å². The Hall–Kier alpha value is -2.59. The van der Waals surface area contributed by atoms with Gasteiger partial charge in [-0.1, -0.05) is 36.4 Å². The summed E-state index contributed by atoms with van der Waals surface area (Å²) in [6.07, 6.45) is 0. The Morgan fingerprint density at radius 1 is 1.00 bits per heavy atom. The molecule has 1 N–H and O–H groups in total. The van der Waals surface area contributed by atoms with Gasteiger partial charge in [0, 0.05) is 25.0 Å². The number of carbonyl (C=O) groups is 1. The second-order valence-corrected chi connectivity index (χ2v) is 6.27. The molecule has 2 aromatic carbocycles. The molecule has 0 bridgehead atoms. The monoisotopic (exact) mass is 322 g/mol. The summed E-state index contributed by atoms with van der Waals surface area (Å²) >= 11 is 1.44. The van der Waals surface area contributed by atoms with Crippen LogP contribution in [0.3, 0.4) is 0 Å². The molecule has 0 aliphatic carbocycles. The zero-order valence-electron chi connectivity index (χ0n) is 12.9. The van der Waals surface area contributed by atoms with E-state index >= 15 is 0 Å². The lowest BCUT2D eigenvalue weighted by Gasteiger charge is -2.19. The van der Waals surface area contributed by atoms with Crippen molar-refractivity contribution in [1.29, 1.82) is 0 Å². The summed E-state index contributed by atoms with van der Waals surface area (Å²) in [6.45, 7) is 0.849. The second-order valence-electron chi connectivity index (χ2n) is 5.32. The van der Waals surface area contributed by atoms with Gasteiger partial charge >= 0.3 is 0 Å². The number of nitrogens with zero attached hydrogens (tertiary/aromatic N) is 1. The summed E-state index contributed by atoms with van der Waals surface area (Å²) in [5.41, 5.74) is 3.19. The van der Waals surface area contributed by atoms with Crippen molar-refractivity contribution < 1.29 is 4.79 Å². The van der Waals surface area contributed by atoms with Crippen LogP contribution in [-0.4, -0.2) is 13.0 Å². The maximum Gasteiger partial charge on any atom is 0.265 e. The third-order valence-corrected chi connectivity index (χ3v) is 4.44. The number of rotatable bonds is 5. The van der Waals surface area contributed by atoms with E-state index in [0.29, 0.717) is 0 Å². The Kier molecular flexibility index (Phi) is 4.74. The van der Waals surface area contributed by atoms with Gasteiger partial charge < -0.3 is 10.2 Å². The van der Waals surface area contributed by atoms with Gasteiger partial charge in [-0.25, -0.2) is 0 Å². The van der Waals surface area contributed by atoms with Crippen molar-refractivity contribution in [3.8, 4) is 0 Å². The van der Waals surface area contributed by atoms with E-state index in [0.717, 1.165) is 22.8 Å². The highest BCUT2D eigenvalue weighted by molar-refractivity contribution is 7.12. The average Bonchev–Trinajstić information content (AvgIpc) is 3.11. The van der Waals surface area contributed by atoms with Gasteiger partial charge in [-0.2, -0.15) is 0 Å². The molecule has 0 atom stereocenters. The van der Waals surface area contributed by atoms with Crippen LogP contribution in [0.1, 0.15) is 15.2 Å². The largest absolute Gasteiger partial charge is 0.370 e. The van der Waals surface area contributed by atoms with Crippen LogP contribution >= 0.6 is 11.3 Å². The summed E-state index contributed by atoms with van der Waals surface area (Å²) in [6, 6.07) is 22.0. The molecule has 0 aliphatic heterocycles. The number of hydrogen-bond donors (Lipinski definition) is 1. The van der Waals surface area contributed by atoms with Crippen molar-refractivity contribution in [3.63, 3.8) is 0 Å². The van der Waals surface area contributed by atoms with Crippen molar-refractivity contribution >= 4 is 28.6 Å². The van der Waals surface area contributed by atoms with Crippen LogP contribution in [0.25, 0.3) is 0 Å². The summed E-state index contributed by atoms with van der Waals surface area (Å²) in [7, 11) is 2.06. The summed E-state index contributed by atoms with van der Waals surface area (Å²) in [5, 5.41) is 4.81. The van der Waals surface area contributed by atoms with Crippen LogP contribution in [0, 0.1) is 0 Å². The molecule has 116 valence electrons. The van der Waals surface area contributed by atoms with E-state index in [1.807, 2.05) is 60.0 Å². The van der Waals surface area contributed by atoms with Gasteiger partial charge in [0.15, 0.2) is 0 Å². The highest BCUT2D eigenvalue weighted by atomic mass is 32.1. The second kappa shape index (κ2) is 7.11. The fraction of sp³-hybridized carbons (Fsp3) is 0.105. The minimum absolute atomic E-state index is 0.0645. The molecule has 0 spiro atoms. The van der Waals surface area contributed by atoms with E-state index in [1.165, 1.54) is 16.9 Å². The predicted octanol–water partition coefficient (Wildman–Crippen LogP) is 4.64. The number of hydrogen-bond acceptors (Lipinski definition) is 3. The Balaban J connectivity index is 1.63. The first-order valence-corrected chi connectivity index (χ1v) is 8.30. The molecule has 0 aliphatic rings. The lowest BCUT2D eigenvalue weighted by molar-refractivity contribution is 0.103. The third-order valence-electron chi connectivity index (χ3n) is 3.57. The molecule has 0 unspecified atom stereocenters. The normalized spacial score (nSPS) is 10.3. The summed E-state index contributed by atoms with van der Waals surface area (Å²) in [4.78, 5) is 14.9.